The molecule has 1 nitrogen and oxygen atoms in total. The number of rotatable bonds is 1. The van der Waals surface area contributed by atoms with Gasteiger partial charge in [0, 0.05) is 16.0 Å². The van der Waals surface area contributed by atoms with Gasteiger partial charge in [0.2, 0.25) is 0 Å². The van der Waals surface area contributed by atoms with E-state index in [4.69, 9.17) is 0 Å². The lowest BCUT2D eigenvalue weighted by molar-refractivity contribution is 1.46. The second-order valence-corrected chi connectivity index (χ2v) is 5.51. The summed E-state index contributed by atoms with van der Waals surface area (Å²) in [5.41, 5.74) is 2.41. The predicted molar refractivity (Wildman–Crippen MR) is 88.9 cm³/mol. The second kappa shape index (κ2) is 4.42. The molecule has 100 valence electrons. The molecular formula is C20H14O. The van der Waals surface area contributed by atoms with Gasteiger partial charge in [-0.1, -0.05) is 66.2 Å². The van der Waals surface area contributed by atoms with Crippen molar-refractivity contribution in [2.24, 2.45) is 0 Å². The summed E-state index contributed by atoms with van der Waals surface area (Å²) in [4.78, 5) is 12.7. The van der Waals surface area contributed by atoms with Crippen molar-refractivity contribution < 1.29 is 0 Å². The summed E-state index contributed by atoms with van der Waals surface area (Å²) < 4.78 is 0. The molecule has 0 fully saturated rings. The average Bonchev–Trinajstić information content (AvgIpc) is 2.78. The quantitative estimate of drug-likeness (QED) is 0.516. The maximum Gasteiger partial charge on any atom is 0.194 e. The van der Waals surface area contributed by atoms with E-state index in [1.807, 2.05) is 30.3 Å². The van der Waals surface area contributed by atoms with Crippen molar-refractivity contribution in [1.29, 1.82) is 0 Å². The third-order valence-electron chi connectivity index (χ3n) is 4.07. The third kappa shape index (κ3) is 1.82. The first-order valence-corrected chi connectivity index (χ1v) is 7.09. The van der Waals surface area contributed by atoms with Crippen LogP contribution in [0.5, 0.6) is 0 Å². The largest absolute Gasteiger partial charge is 0.289 e. The van der Waals surface area contributed by atoms with Crippen LogP contribution in [0.3, 0.4) is 0 Å². The summed E-state index contributed by atoms with van der Waals surface area (Å²) in [6.45, 7) is 2.06. The molecule has 0 aliphatic heterocycles. The first kappa shape index (κ1) is 12.1. The highest BCUT2D eigenvalue weighted by Crippen LogP contribution is 2.22. The fourth-order valence-corrected chi connectivity index (χ4v) is 2.99. The minimum atomic E-state index is 0.127. The Morgan fingerprint density at radius 1 is 0.810 bits per heavy atom. The van der Waals surface area contributed by atoms with Crippen LogP contribution in [0.1, 0.15) is 11.1 Å². The van der Waals surface area contributed by atoms with Crippen molar-refractivity contribution in [3.05, 3.63) is 87.2 Å². The molecule has 4 aromatic rings. The molecule has 4 rings (SSSR count). The minimum Gasteiger partial charge on any atom is -0.289 e. The Balaban J connectivity index is 2.14. The molecule has 0 saturated carbocycles. The Hall–Kier alpha value is -2.67. The van der Waals surface area contributed by atoms with E-state index in [1.54, 1.807) is 0 Å². The molecule has 0 aliphatic rings. The van der Waals surface area contributed by atoms with Gasteiger partial charge in [-0.3, -0.25) is 4.79 Å². The van der Waals surface area contributed by atoms with E-state index in [0.717, 1.165) is 32.3 Å². The molecule has 0 saturated heterocycles. The molecule has 0 amide bonds. The van der Waals surface area contributed by atoms with Crippen molar-refractivity contribution in [3.63, 3.8) is 0 Å². The summed E-state index contributed by atoms with van der Waals surface area (Å²) in [5.74, 6) is 0. The van der Waals surface area contributed by atoms with Gasteiger partial charge in [0.05, 0.1) is 0 Å². The molecule has 0 bridgehead atoms. The number of benzene rings is 3. The van der Waals surface area contributed by atoms with E-state index in [9.17, 15) is 4.79 Å². The first-order valence-electron chi connectivity index (χ1n) is 7.09. The molecule has 21 heavy (non-hydrogen) atoms. The summed E-state index contributed by atoms with van der Waals surface area (Å²) in [5, 5.41) is 4.88. The molecule has 0 atom stereocenters. The third-order valence-corrected chi connectivity index (χ3v) is 4.07. The van der Waals surface area contributed by atoms with Gasteiger partial charge in [-0.25, -0.2) is 0 Å². The van der Waals surface area contributed by atoms with E-state index in [1.165, 1.54) is 5.56 Å². The highest BCUT2D eigenvalue weighted by Gasteiger charge is 2.10. The van der Waals surface area contributed by atoms with Crippen molar-refractivity contribution >= 4 is 27.6 Å². The standard InChI is InChI=1S/C20H14O/c1-13-8-10-14(11-9-13)12-18-16-6-2-4-15-5-3-7-17(19(15)16)20(18)21/h2-12H,1H3. The second-order valence-electron chi connectivity index (χ2n) is 5.51. The first-order chi connectivity index (χ1) is 10.2. The van der Waals surface area contributed by atoms with Crippen LogP contribution in [0.4, 0.5) is 0 Å². The molecule has 0 heterocycles. The molecule has 0 spiro atoms. The predicted octanol–water partition coefficient (Wildman–Crippen LogP) is 3.65. The Bertz CT molecular complexity index is 1040. The van der Waals surface area contributed by atoms with Gasteiger partial charge >= 0.3 is 0 Å². The zero-order chi connectivity index (χ0) is 14.4. The Morgan fingerprint density at radius 3 is 2.19 bits per heavy atom. The van der Waals surface area contributed by atoms with Crippen molar-refractivity contribution in [2.75, 3.05) is 0 Å². The van der Waals surface area contributed by atoms with E-state index in [-0.39, 0.29) is 5.43 Å². The van der Waals surface area contributed by atoms with Crippen LogP contribution < -0.4 is 10.6 Å². The molecule has 0 N–H and O–H groups in total. The summed E-state index contributed by atoms with van der Waals surface area (Å²) in [7, 11) is 0. The lowest BCUT2D eigenvalue weighted by Crippen LogP contribution is -2.19. The average molecular weight is 270 g/mol. The lowest BCUT2D eigenvalue weighted by Gasteiger charge is -1.97. The van der Waals surface area contributed by atoms with Gasteiger partial charge in [0.25, 0.3) is 0 Å². The van der Waals surface area contributed by atoms with Crippen molar-refractivity contribution in [1.82, 2.24) is 0 Å². The molecule has 1 heteroatoms. The molecule has 0 aliphatic carbocycles. The highest BCUT2D eigenvalue weighted by molar-refractivity contribution is 6.12. The van der Waals surface area contributed by atoms with Gasteiger partial charge in [0.15, 0.2) is 5.43 Å². The molecular weight excluding hydrogens is 256 g/mol. The van der Waals surface area contributed by atoms with E-state index in [2.05, 4.69) is 43.3 Å². The van der Waals surface area contributed by atoms with Crippen LogP contribution in [-0.4, -0.2) is 0 Å². The summed E-state index contributed by atoms with van der Waals surface area (Å²) in [6.07, 6.45) is 2.00. The van der Waals surface area contributed by atoms with E-state index < -0.39 is 0 Å². The zero-order valence-corrected chi connectivity index (χ0v) is 11.8. The Labute approximate surface area is 122 Å². The van der Waals surface area contributed by atoms with Gasteiger partial charge in [0.1, 0.15) is 0 Å². The van der Waals surface area contributed by atoms with Gasteiger partial charge in [-0.15, -0.1) is 0 Å². The molecule has 4 aromatic carbocycles. The molecule has 0 aromatic heterocycles. The summed E-state index contributed by atoms with van der Waals surface area (Å²) >= 11 is 0. The zero-order valence-electron chi connectivity index (χ0n) is 11.8. The van der Waals surface area contributed by atoms with Crippen LogP contribution >= 0.6 is 0 Å². The van der Waals surface area contributed by atoms with Crippen LogP contribution in [0.2, 0.25) is 0 Å². The normalized spacial score (nSPS) is 12.5. The topological polar surface area (TPSA) is 17.1 Å². The van der Waals surface area contributed by atoms with Crippen LogP contribution in [0, 0.1) is 6.92 Å². The maximum atomic E-state index is 12.7. The SMILES string of the molecule is Cc1ccc(C=c2c(=O)c3cccc4cccc2c43)cc1. The maximum absolute atomic E-state index is 12.7. The Kier molecular flexibility index (Phi) is 2.55. The number of hydrogen-bond acceptors (Lipinski definition) is 1. The summed E-state index contributed by atoms with van der Waals surface area (Å²) in [6, 6.07) is 20.3. The monoisotopic (exact) mass is 270 g/mol. The van der Waals surface area contributed by atoms with E-state index >= 15 is 0 Å². The number of aryl methyl sites for hydroxylation is 1. The molecule has 0 unspecified atom stereocenters. The van der Waals surface area contributed by atoms with Crippen LogP contribution in [-0.2, 0) is 0 Å². The Morgan fingerprint density at radius 2 is 1.48 bits per heavy atom. The minimum absolute atomic E-state index is 0.127. The van der Waals surface area contributed by atoms with Gasteiger partial charge in [-0.05, 0) is 29.3 Å². The van der Waals surface area contributed by atoms with Crippen LogP contribution in [0.25, 0.3) is 27.6 Å². The van der Waals surface area contributed by atoms with Gasteiger partial charge < -0.3 is 0 Å². The van der Waals surface area contributed by atoms with E-state index in [0.29, 0.717) is 0 Å². The fraction of sp³-hybridized carbons (Fsp3) is 0.0500. The highest BCUT2D eigenvalue weighted by atomic mass is 16.1. The smallest absolute Gasteiger partial charge is 0.194 e. The number of hydrogen-bond donors (Lipinski definition) is 0. The molecule has 0 radical (unpaired) electrons. The lowest BCUT2D eigenvalue weighted by atomic mass is 10.1. The van der Waals surface area contributed by atoms with Crippen molar-refractivity contribution in [2.45, 2.75) is 6.92 Å². The fourth-order valence-electron chi connectivity index (χ4n) is 2.99. The van der Waals surface area contributed by atoms with Crippen LogP contribution in [0.15, 0.2) is 65.5 Å². The van der Waals surface area contributed by atoms with Gasteiger partial charge in [-0.2, -0.15) is 0 Å². The van der Waals surface area contributed by atoms with Crippen molar-refractivity contribution in [3.8, 4) is 0 Å².